The van der Waals surface area contributed by atoms with Gasteiger partial charge >= 0.3 is 6.01 Å². The monoisotopic (exact) mass is 477 g/mol. The first-order valence-corrected chi connectivity index (χ1v) is 12.1. The Morgan fingerprint density at radius 3 is 2.29 bits per heavy atom. The molecule has 3 heterocycles. The highest BCUT2D eigenvalue weighted by atomic mass is 16.5. The van der Waals surface area contributed by atoms with Crippen molar-refractivity contribution in [1.29, 1.82) is 0 Å². The summed E-state index contributed by atoms with van der Waals surface area (Å²) in [6.07, 6.45) is 1.57. The molecular formula is C26H31N5O4. The van der Waals surface area contributed by atoms with Gasteiger partial charge in [0.25, 0.3) is 0 Å². The highest BCUT2D eigenvalue weighted by molar-refractivity contribution is 5.79. The predicted octanol–water partition coefficient (Wildman–Crippen LogP) is 3.32. The molecule has 0 atom stereocenters. The summed E-state index contributed by atoms with van der Waals surface area (Å²) in [6, 6.07) is 16.4. The molecule has 2 aliphatic rings. The van der Waals surface area contributed by atoms with Gasteiger partial charge in [-0.2, -0.15) is 4.98 Å². The Kier molecular flexibility index (Phi) is 6.74. The number of ether oxygens (including phenoxy) is 2. The van der Waals surface area contributed by atoms with E-state index in [1.807, 2.05) is 29.2 Å². The van der Waals surface area contributed by atoms with Gasteiger partial charge in [-0.15, -0.1) is 0 Å². The third-order valence-corrected chi connectivity index (χ3v) is 6.88. The number of anilines is 2. The minimum Gasteiger partial charge on any atom is -0.493 e. The molecule has 1 aromatic heterocycles. The molecule has 2 aliphatic heterocycles. The van der Waals surface area contributed by atoms with Crippen LogP contribution in [0.15, 0.2) is 53.1 Å². The fourth-order valence-electron chi connectivity index (χ4n) is 4.84. The zero-order chi connectivity index (χ0) is 24.2. The van der Waals surface area contributed by atoms with Gasteiger partial charge in [0, 0.05) is 56.4 Å². The number of hydrogen-bond donors (Lipinski definition) is 0. The lowest BCUT2D eigenvalue weighted by Crippen LogP contribution is -2.51. The van der Waals surface area contributed by atoms with Crippen LogP contribution in [0, 0.1) is 5.92 Å². The summed E-state index contributed by atoms with van der Waals surface area (Å²) >= 11 is 0. The van der Waals surface area contributed by atoms with Gasteiger partial charge in [0.15, 0.2) is 11.5 Å². The molecule has 0 unspecified atom stereocenters. The zero-order valence-electron chi connectivity index (χ0n) is 20.2. The van der Waals surface area contributed by atoms with Crippen molar-refractivity contribution in [2.75, 3.05) is 63.3 Å². The molecule has 2 fully saturated rings. The second kappa shape index (κ2) is 10.2. The van der Waals surface area contributed by atoms with Crippen molar-refractivity contribution in [3.8, 4) is 22.9 Å². The zero-order valence-corrected chi connectivity index (χ0v) is 20.2. The number of benzene rings is 2. The average molecular weight is 478 g/mol. The number of piperidine rings is 1. The van der Waals surface area contributed by atoms with Gasteiger partial charge in [0.05, 0.1) is 14.2 Å². The number of carbonyl (C=O) groups is 1. The van der Waals surface area contributed by atoms with Crippen LogP contribution in [0.4, 0.5) is 11.7 Å². The van der Waals surface area contributed by atoms with E-state index in [2.05, 4.69) is 44.2 Å². The molecule has 0 radical (unpaired) electrons. The standard InChI is InChI=1S/C26H31N5O4/c1-33-22-9-8-20(18-23(22)34-2)24-27-26(35-28-24)31-12-10-19(11-13-31)25(32)30-16-14-29(15-17-30)21-6-4-3-5-7-21/h3-9,18-19H,10-17H2,1-2H3. The topological polar surface area (TPSA) is 84.2 Å². The van der Waals surface area contributed by atoms with Crippen LogP contribution in [0.2, 0.25) is 0 Å². The lowest BCUT2D eigenvalue weighted by atomic mass is 9.95. The van der Waals surface area contributed by atoms with E-state index in [0.29, 0.717) is 36.4 Å². The molecule has 3 aromatic rings. The number of para-hydroxylation sites is 1. The van der Waals surface area contributed by atoms with Gasteiger partial charge in [-0.1, -0.05) is 23.4 Å². The molecule has 0 N–H and O–H groups in total. The number of nitrogens with zero attached hydrogens (tertiary/aromatic N) is 5. The quantitative estimate of drug-likeness (QED) is 0.535. The minimum atomic E-state index is 0.0442. The number of methoxy groups -OCH3 is 2. The van der Waals surface area contributed by atoms with E-state index in [-0.39, 0.29) is 11.8 Å². The minimum absolute atomic E-state index is 0.0442. The highest BCUT2D eigenvalue weighted by Crippen LogP contribution is 2.32. The maximum absolute atomic E-state index is 13.2. The number of hydrogen-bond acceptors (Lipinski definition) is 8. The first-order chi connectivity index (χ1) is 17.2. The van der Waals surface area contributed by atoms with Crippen molar-refractivity contribution in [3.63, 3.8) is 0 Å². The smallest absolute Gasteiger partial charge is 0.324 e. The Morgan fingerprint density at radius 1 is 0.886 bits per heavy atom. The van der Waals surface area contributed by atoms with Gasteiger partial charge in [0.1, 0.15) is 0 Å². The van der Waals surface area contributed by atoms with Crippen LogP contribution in [-0.2, 0) is 4.79 Å². The number of carbonyl (C=O) groups excluding carboxylic acids is 1. The van der Waals surface area contributed by atoms with Gasteiger partial charge in [-0.3, -0.25) is 4.79 Å². The van der Waals surface area contributed by atoms with Crippen molar-refractivity contribution in [2.24, 2.45) is 5.92 Å². The molecule has 5 rings (SSSR count). The summed E-state index contributed by atoms with van der Waals surface area (Å²) in [5.74, 6) is 2.07. The normalized spacial score (nSPS) is 16.9. The molecule has 2 aromatic carbocycles. The van der Waals surface area contributed by atoms with Crippen molar-refractivity contribution in [2.45, 2.75) is 12.8 Å². The Hall–Kier alpha value is -3.75. The van der Waals surface area contributed by atoms with Crippen LogP contribution in [-0.4, -0.2) is 74.4 Å². The Morgan fingerprint density at radius 2 is 1.60 bits per heavy atom. The molecule has 9 heteroatoms. The predicted molar refractivity (Wildman–Crippen MR) is 133 cm³/mol. The van der Waals surface area contributed by atoms with Gasteiger partial charge in [0.2, 0.25) is 11.7 Å². The molecule has 35 heavy (non-hydrogen) atoms. The highest BCUT2D eigenvalue weighted by Gasteiger charge is 2.32. The summed E-state index contributed by atoms with van der Waals surface area (Å²) in [7, 11) is 3.20. The number of piperazine rings is 1. The molecule has 1 amide bonds. The van der Waals surface area contributed by atoms with E-state index in [1.165, 1.54) is 5.69 Å². The first-order valence-electron chi connectivity index (χ1n) is 12.1. The van der Waals surface area contributed by atoms with E-state index in [4.69, 9.17) is 14.0 Å². The van der Waals surface area contributed by atoms with Gasteiger partial charge in [-0.05, 0) is 43.2 Å². The molecule has 0 bridgehead atoms. The number of aromatic nitrogens is 2. The summed E-state index contributed by atoms with van der Waals surface area (Å²) in [5, 5.41) is 4.15. The lowest BCUT2D eigenvalue weighted by Gasteiger charge is -2.39. The molecule has 0 aliphatic carbocycles. The van der Waals surface area contributed by atoms with E-state index < -0.39 is 0 Å². The van der Waals surface area contributed by atoms with Crippen molar-refractivity contribution >= 4 is 17.6 Å². The molecule has 2 saturated heterocycles. The SMILES string of the molecule is COc1ccc(-c2noc(N3CCC(C(=O)N4CCN(c5ccccc5)CC4)CC3)n2)cc1OC. The van der Waals surface area contributed by atoms with E-state index in [0.717, 1.165) is 44.6 Å². The second-order valence-electron chi connectivity index (χ2n) is 8.88. The number of rotatable bonds is 6. The van der Waals surface area contributed by atoms with Crippen LogP contribution in [0.1, 0.15) is 12.8 Å². The number of amides is 1. The summed E-state index contributed by atoms with van der Waals surface area (Å²) in [4.78, 5) is 24.2. The maximum atomic E-state index is 13.2. The molecular weight excluding hydrogens is 446 g/mol. The van der Waals surface area contributed by atoms with E-state index in [1.54, 1.807) is 14.2 Å². The molecule has 184 valence electrons. The van der Waals surface area contributed by atoms with Crippen molar-refractivity contribution in [3.05, 3.63) is 48.5 Å². The third-order valence-electron chi connectivity index (χ3n) is 6.88. The van der Waals surface area contributed by atoms with Crippen molar-refractivity contribution < 1.29 is 18.8 Å². The van der Waals surface area contributed by atoms with Gasteiger partial charge in [-0.25, -0.2) is 0 Å². The molecule has 9 nitrogen and oxygen atoms in total. The average Bonchev–Trinajstić information content (AvgIpc) is 3.43. The second-order valence-corrected chi connectivity index (χ2v) is 8.88. The van der Waals surface area contributed by atoms with E-state index >= 15 is 0 Å². The summed E-state index contributed by atoms with van der Waals surface area (Å²) in [6.45, 7) is 4.71. The Labute approximate surface area is 205 Å². The fraction of sp³-hybridized carbons (Fsp3) is 0.423. The Bertz CT molecular complexity index is 1140. The first kappa shape index (κ1) is 23.0. The lowest BCUT2D eigenvalue weighted by molar-refractivity contribution is -0.136. The largest absolute Gasteiger partial charge is 0.493 e. The Balaban J connectivity index is 1.15. The fourth-order valence-corrected chi connectivity index (χ4v) is 4.84. The van der Waals surface area contributed by atoms with E-state index in [9.17, 15) is 4.79 Å². The molecule has 0 saturated carbocycles. The van der Waals surface area contributed by atoms with Crippen LogP contribution in [0.25, 0.3) is 11.4 Å². The van der Waals surface area contributed by atoms with Crippen molar-refractivity contribution in [1.82, 2.24) is 15.0 Å². The van der Waals surface area contributed by atoms with Crippen LogP contribution in [0.3, 0.4) is 0 Å². The van der Waals surface area contributed by atoms with Crippen LogP contribution < -0.4 is 19.3 Å². The van der Waals surface area contributed by atoms with Crippen LogP contribution in [0.5, 0.6) is 11.5 Å². The van der Waals surface area contributed by atoms with Crippen LogP contribution >= 0.6 is 0 Å². The maximum Gasteiger partial charge on any atom is 0.324 e. The van der Waals surface area contributed by atoms with Gasteiger partial charge < -0.3 is 28.7 Å². The molecule has 0 spiro atoms. The summed E-state index contributed by atoms with van der Waals surface area (Å²) < 4.78 is 16.2. The summed E-state index contributed by atoms with van der Waals surface area (Å²) in [5.41, 5.74) is 2.01. The third kappa shape index (κ3) is 4.89.